The smallest absolute Gasteiger partial charge is 0.374 e. The molecular formula is C13H13N3O7S2. The van der Waals surface area contributed by atoms with E-state index in [2.05, 4.69) is 10.1 Å². The molecule has 3 amide bonds. The predicted molar refractivity (Wildman–Crippen MR) is 85.1 cm³/mol. The van der Waals surface area contributed by atoms with Crippen molar-refractivity contribution in [2.24, 2.45) is 5.14 Å². The molecular weight excluding hydrogens is 374 g/mol. The van der Waals surface area contributed by atoms with Crippen LogP contribution >= 0.6 is 11.3 Å². The summed E-state index contributed by atoms with van der Waals surface area (Å²) in [7, 11) is -4.09. The second kappa shape index (κ2) is 7.92. The summed E-state index contributed by atoms with van der Waals surface area (Å²) >= 11 is 1.44. The molecule has 0 fully saturated rings. The highest BCUT2D eigenvalue weighted by Gasteiger charge is 2.19. The molecule has 10 nitrogen and oxygen atoms in total. The number of esters is 1. The lowest BCUT2D eigenvalue weighted by atomic mass is 10.4. The van der Waals surface area contributed by atoms with E-state index in [-0.39, 0.29) is 6.54 Å². The molecule has 0 atom stereocenters. The van der Waals surface area contributed by atoms with Gasteiger partial charge in [-0.2, -0.15) is 0 Å². The third-order valence-electron chi connectivity index (χ3n) is 2.65. The molecule has 0 aliphatic rings. The Morgan fingerprint density at radius 3 is 2.60 bits per heavy atom. The molecule has 25 heavy (non-hydrogen) atoms. The van der Waals surface area contributed by atoms with Crippen LogP contribution in [0.15, 0.2) is 39.2 Å². The lowest BCUT2D eigenvalue weighted by molar-refractivity contribution is -0.123. The van der Waals surface area contributed by atoms with E-state index in [1.54, 1.807) is 0 Å². The SMILES string of the molecule is NS(=O)(=O)c1ccc(C(=O)OCC(=O)NC(=O)NCc2cccs2)o1. The van der Waals surface area contributed by atoms with Gasteiger partial charge in [0.15, 0.2) is 6.61 Å². The van der Waals surface area contributed by atoms with E-state index in [4.69, 9.17) is 9.56 Å². The summed E-state index contributed by atoms with van der Waals surface area (Å²) in [5, 5.41) is 10.5. The first-order valence-corrected chi connectivity index (χ1v) is 9.08. The van der Waals surface area contributed by atoms with Crippen molar-refractivity contribution in [3.05, 3.63) is 40.3 Å². The Bertz CT molecular complexity index is 871. The van der Waals surface area contributed by atoms with Crippen LogP contribution in [0.5, 0.6) is 0 Å². The molecule has 134 valence electrons. The van der Waals surface area contributed by atoms with Crippen molar-refractivity contribution in [3.63, 3.8) is 0 Å². The minimum Gasteiger partial charge on any atom is -0.450 e. The molecule has 0 aliphatic carbocycles. The highest BCUT2D eigenvalue weighted by Crippen LogP contribution is 2.13. The molecule has 2 aromatic rings. The minimum atomic E-state index is -4.09. The van der Waals surface area contributed by atoms with Gasteiger partial charge >= 0.3 is 12.0 Å². The van der Waals surface area contributed by atoms with Crippen LogP contribution in [0.1, 0.15) is 15.4 Å². The number of amides is 3. The van der Waals surface area contributed by atoms with E-state index in [9.17, 15) is 22.8 Å². The van der Waals surface area contributed by atoms with Gasteiger partial charge in [0.2, 0.25) is 10.9 Å². The average molecular weight is 387 g/mol. The van der Waals surface area contributed by atoms with Crippen molar-refractivity contribution in [1.29, 1.82) is 0 Å². The van der Waals surface area contributed by atoms with Crippen molar-refractivity contribution in [2.75, 3.05) is 6.61 Å². The molecule has 0 radical (unpaired) electrons. The van der Waals surface area contributed by atoms with Crippen LogP contribution in [0, 0.1) is 0 Å². The second-order valence-corrected chi connectivity index (χ2v) is 7.07. The molecule has 12 heteroatoms. The Balaban J connectivity index is 1.76. The fraction of sp³-hybridized carbons (Fsp3) is 0.154. The van der Waals surface area contributed by atoms with Gasteiger partial charge in [-0.25, -0.2) is 23.1 Å². The Morgan fingerprint density at radius 1 is 1.24 bits per heavy atom. The van der Waals surface area contributed by atoms with Gasteiger partial charge in [-0.3, -0.25) is 10.1 Å². The quantitative estimate of drug-likeness (QED) is 0.596. The lowest BCUT2D eigenvalue weighted by Gasteiger charge is -2.06. The number of urea groups is 1. The molecule has 2 aromatic heterocycles. The fourth-order valence-corrected chi connectivity index (χ4v) is 2.68. The van der Waals surface area contributed by atoms with Crippen LogP contribution < -0.4 is 15.8 Å². The Morgan fingerprint density at radius 2 is 2.00 bits per heavy atom. The lowest BCUT2D eigenvalue weighted by Crippen LogP contribution is -2.41. The average Bonchev–Trinajstić information content (AvgIpc) is 3.21. The van der Waals surface area contributed by atoms with E-state index in [0.29, 0.717) is 0 Å². The van der Waals surface area contributed by atoms with Crippen LogP contribution in [-0.4, -0.2) is 32.9 Å². The predicted octanol–water partition coefficient (Wildman–Crippen LogP) is 0.171. The van der Waals surface area contributed by atoms with Crippen molar-refractivity contribution in [2.45, 2.75) is 11.6 Å². The molecule has 0 spiro atoms. The van der Waals surface area contributed by atoms with E-state index >= 15 is 0 Å². The highest BCUT2D eigenvalue weighted by atomic mass is 32.2. The summed E-state index contributed by atoms with van der Waals surface area (Å²) in [6, 6.07) is 4.90. The van der Waals surface area contributed by atoms with E-state index in [1.807, 2.05) is 22.8 Å². The summed E-state index contributed by atoms with van der Waals surface area (Å²) in [4.78, 5) is 35.5. The summed E-state index contributed by atoms with van der Waals surface area (Å²) in [5.41, 5.74) is 0. The number of rotatable bonds is 6. The van der Waals surface area contributed by atoms with E-state index < -0.39 is 45.4 Å². The zero-order valence-electron chi connectivity index (χ0n) is 12.6. The van der Waals surface area contributed by atoms with Crippen molar-refractivity contribution < 1.29 is 32.0 Å². The van der Waals surface area contributed by atoms with Crippen molar-refractivity contribution in [3.8, 4) is 0 Å². The second-order valence-electron chi connectivity index (χ2n) is 4.55. The van der Waals surface area contributed by atoms with Gasteiger partial charge < -0.3 is 14.5 Å². The molecule has 0 saturated heterocycles. The number of imide groups is 1. The van der Waals surface area contributed by atoms with Gasteiger partial charge in [0.25, 0.3) is 15.9 Å². The minimum absolute atomic E-state index is 0.249. The van der Waals surface area contributed by atoms with E-state index in [0.717, 1.165) is 17.0 Å². The number of nitrogens with one attached hydrogen (secondary N) is 2. The number of carbonyl (C=O) groups excluding carboxylic acids is 3. The molecule has 0 bridgehead atoms. The third kappa shape index (κ3) is 5.70. The maximum absolute atomic E-state index is 11.6. The van der Waals surface area contributed by atoms with Gasteiger partial charge in [-0.15, -0.1) is 11.3 Å². The van der Waals surface area contributed by atoms with Crippen molar-refractivity contribution >= 4 is 39.3 Å². The van der Waals surface area contributed by atoms with Gasteiger partial charge in [0.1, 0.15) is 0 Å². The van der Waals surface area contributed by atoms with Gasteiger partial charge in [0.05, 0.1) is 6.54 Å². The number of hydrogen-bond acceptors (Lipinski definition) is 8. The number of sulfonamides is 1. The number of ether oxygens (including phenoxy) is 1. The molecule has 0 aliphatic heterocycles. The number of carbonyl (C=O) groups is 3. The maximum atomic E-state index is 11.6. The Kier molecular flexibility index (Phi) is 5.90. The number of thiophene rings is 1. The standard InChI is InChI=1S/C13H13N3O7S2/c14-25(20,21)11-4-3-9(23-11)12(18)22-7-10(17)16-13(19)15-6-8-2-1-5-24-8/h1-5H,6-7H2,(H2,14,20,21)(H2,15,16,17,19). The zero-order valence-corrected chi connectivity index (χ0v) is 14.2. The molecule has 0 saturated carbocycles. The summed E-state index contributed by atoms with van der Waals surface area (Å²) in [6.45, 7) is -0.504. The first-order chi connectivity index (χ1) is 11.8. The van der Waals surface area contributed by atoms with Crippen LogP contribution in [-0.2, 0) is 26.1 Å². The monoisotopic (exact) mass is 387 g/mol. The molecule has 2 heterocycles. The summed E-state index contributed by atoms with van der Waals surface area (Å²) in [6.07, 6.45) is 0. The molecule has 4 N–H and O–H groups in total. The normalized spacial score (nSPS) is 10.9. The number of hydrogen-bond donors (Lipinski definition) is 3. The fourth-order valence-electron chi connectivity index (χ4n) is 1.57. The zero-order chi connectivity index (χ0) is 18.4. The molecule has 0 aromatic carbocycles. The van der Waals surface area contributed by atoms with Crippen LogP contribution in [0.3, 0.4) is 0 Å². The molecule has 0 unspecified atom stereocenters. The number of furan rings is 1. The largest absolute Gasteiger partial charge is 0.450 e. The van der Waals surface area contributed by atoms with Crippen LogP contribution in [0.4, 0.5) is 4.79 Å². The Hall–Kier alpha value is -2.70. The highest BCUT2D eigenvalue weighted by molar-refractivity contribution is 7.89. The van der Waals surface area contributed by atoms with Gasteiger partial charge in [-0.1, -0.05) is 6.07 Å². The summed E-state index contributed by atoms with van der Waals surface area (Å²) < 4.78 is 31.4. The first kappa shape index (κ1) is 18.6. The van der Waals surface area contributed by atoms with Crippen molar-refractivity contribution in [1.82, 2.24) is 10.6 Å². The van der Waals surface area contributed by atoms with Gasteiger partial charge in [-0.05, 0) is 23.6 Å². The first-order valence-electron chi connectivity index (χ1n) is 6.65. The Labute approximate surface area is 146 Å². The number of primary sulfonamides is 1. The van der Waals surface area contributed by atoms with E-state index in [1.165, 1.54) is 11.3 Å². The summed E-state index contributed by atoms with van der Waals surface area (Å²) in [5.74, 6) is -2.39. The molecule has 2 rings (SSSR count). The number of nitrogens with two attached hydrogens (primary N) is 1. The maximum Gasteiger partial charge on any atom is 0.374 e. The topological polar surface area (TPSA) is 158 Å². The third-order valence-corrected chi connectivity index (χ3v) is 4.31. The van der Waals surface area contributed by atoms with Gasteiger partial charge in [0, 0.05) is 4.88 Å². The van der Waals surface area contributed by atoms with Crippen LogP contribution in [0.25, 0.3) is 0 Å². The van der Waals surface area contributed by atoms with Crippen LogP contribution in [0.2, 0.25) is 0 Å².